The SMILES string of the molecule is C=C(C)[C@H](C)C[C@H]1CC[C@@H]2O[C@@H](CCC(/C=C/[C@H](O[Si](C)(C)C(C)(C)C)[C@@H]3C[C@H]4CC[C@H](COC)O[C@@H]4[C@H](O[Si](C)(C)C(C)(C)C)[C@@H]3O[Si](C)(C)C(C)(C)C)OC(=O)c3ccccc3)C[C@]2(CI)O1. The number of esters is 1. The molecule has 5 rings (SSSR count). The van der Waals surface area contributed by atoms with Gasteiger partial charge in [-0.05, 0) is 143 Å². The van der Waals surface area contributed by atoms with Gasteiger partial charge < -0.3 is 37.0 Å². The van der Waals surface area contributed by atoms with Crippen molar-refractivity contribution in [2.75, 3.05) is 18.1 Å². The lowest BCUT2D eigenvalue weighted by atomic mass is 9.70. The Balaban J connectivity index is 1.57. The summed E-state index contributed by atoms with van der Waals surface area (Å²) in [4.78, 5) is 14.0. The zero-order valence-electron chi connectivity index (χ0n) is 46.5. The summed E-state index contributed by atoms with van der Waals surface area (Å²) < 4.78 is 57.4. The highest BCUT2D eigenvalue weighted by Crippen LogP contribution is 2.51. The molecule has 0 amide bonds. The Morgan fingerprint density at radius 3 is 1.99 bits per heavy atom. The van der Waals surface area contributed by atoms with Crippen molar-refractivity contribution in [2.45, 2.75) is 249 Å². The molecule has 3 saturated heterocycles. The third kappa shape index (κ3) is 14.8. The normalized spacial score (nSPS) is 30.9. The van der Waals surface area contributed by atoms with Crippen LogP contribution in [-0.2, 0) is 37.0 Å². The van der Waals surface area contributed by atoms with Gasteiger partial charge in [0, 0.05) is 23.9 Å². The fourth-order valence-electron chi connectivity index (χ4n) is 9.98. The van der Waals surface area contributed by atoms with Crippen molar-refractivity contribution >= 4 is 53.5 Å². The number of allylic oxidation sites excluding steroid dienone is 1. The van der Waals surface area contributed by atoms with Gasteiger partial charge in [-0.15, -0.1) is 0 Å². The maximum atomic E-state index is 14.0. The monoisotopic (exact) mass is 1120 g/mol. The van der Waals surface area contributed by atoms with E-state index >= 15 is 0 Å². The van der Waals surface area contributed by atoms with E-state index in [0.29, 0.717) is 24.5 Å². The Hall–Kier alpha value is -0.729. The smallest absolute Gasteiger partial charge is 0.338 e. The first-order valence-electron chi connectivity index (χ1n) is 26.5. The molecule has 4 fully saturated rings. The molecule has 1 aromatic rings. The van der Waals surface area contributed by atoms with E-state index < -0.39 is 31.1 Å². The first kappa shape index (κ1) is 59.2. The van der Waals surface area contributed by atoms with E-state index in [1.807, 2.05) is 30.3 Å². The molecule has 1 aromatic carbocycles. The highest BCUT2D eigenvalue weighted by Gasteiger charge is 2.57. The van der Waals surface area contributed by atoms with Crippen LogP contribution >= 0.6 is 22.6 Å². The van der Waals surface area contributed by atoms with Gasteiger partial charge in [0.05, 0.1) is 61.0 Å². The van der Waals surface area contributed by atoms with E-state index in [4.69, 9.17) is 37.0 Å². The van der Waals surface area contributed by atoms with E-state index in [2.05, 4.69) is 157 Å². The van der Waals surface area contributed by atoms with Crippen LogP contribution in [0.1, 0.15) is 144 Å². The van der Waals surface area contributed by atoms with E-state index in [1.54, 1.807) is 7.11 Å². The zero-order chi connectivity index (χ0) is 51.5. The molecule has 3 heterocycles. The van der Waals surface area contributed by atoms with Crippen LogP contribution in [0.25, 0.3) is 0 Å². The molecule has 1 saturated carbocycles. The number of hydrogen-bond donors (Lipinski definition) is 0. The summed E-state index contributed by atoms with van der Waals surface area (Å²) in [5, 5.41) is -0.133. The molecular formula is C56H97IO9Si3. The number of rotatable bonds is 20. The predicted octanol–water partition coefficient (Wildman–Crippen LogP) is 14.7. The van der Waals surface area contributed by atoms with Crippen molar-refractivity contribution in [1.29, 1.82) is 0 Å². The topological polar surface area (TPSA) is 90.9 Å². The Labute approximate surface area is 437 Å². The largest absolute Gasteiger partial charge is 0.455 e. The number of halogens is 1. The lowest BCUT2D eigenvalue weighted by Crippen LogP contribution is -2.65. The van der Waals surface area contributed by atoms with Gasteiger partial charge in [-0.2, -0.15) is 0 Å². The van der Waals surface area contributed by atoms with Crippen LogP contribution in [0.4, 0.5) is 0 Å². The molecule has 69 heavy (non-hydrogen) atoms. The first-order valence-corrected chi connectivity index (χ1v) is 36.8. The second-order valence-corrected chi connectivity index (χ2v) is 41.2. The Bertz CT molecular complexity index is 1850. The van der Waals surface area contributed by atoms with E-state index in [1.165, 1.54) is 5.57 Å². The average molecular weight is 1130 g/mol. The number of hydrogen-bond acceptors (Lipinski definition) is 9. The van der Waals surface area contributed by atoms with Gasteiger partial charge in [0.15, 0.2) is 25.0 Å². The third-order valence-electron chi connectivity index (χ3n) is 17.7. The Kier molecular flexibility index (Phi) is 20.1. The van der Waals surface area contributed by atoms with Crippen LogP contribution in [0.2, 0.25) is 54.4 Å². The number of ether oxygens (including phenoxy) is 5. The van der Waals surface area contributed by atoms with Crippen molar-refractivity contribution < 1.29 is 41.8 Å². The maximum Gasteiger partial charge on any atom is 0.338 e. The van der Waals surface area contributed by atoms with Gasteiger partial charge in [-0.25, -0.2) is 4.79 Å². The summed E-state index contributed by atoms with van der Waals surface area (Å²) in [5.74, 6) is 0.288. The highest BCUT2D eigenvalue weighted by molar-refractivity contribution is 14.1. The first-order chi connectivity index (χ1) is 31.8. The summed E-state index contributed by atoms with van der Waals surface area (Å²) in [6.07, 6.45) is 11.1. The Morgan fingerprint density at radius 1 is 0.826 bits per heavy atom. The van der Waals surface area contributed by atoms with E-state index in [0.717, 1.165) is 55.8 Å². The molecule has 4 aliphatic rings. The number of carbonyl (C=O) groups excluding carboxylic acids is 1. The number of carbonyl (C=O) groups is 1. The zero-order valence-corrected chi connectivity index (χ0v) is 51.7. The quantitative estimate of drug-likeness (QED) is 0.0416. The van der Waals surface area contributed by atoms with Crippen LogP contribution in [0.5, 0.6) is 0 Å². The van der Waals surface area contributed by atoms with Crippen molar-refractivity contribution in [3.05, 3.63) is 60.2 Å². The summed E-state index contributed by atoms with van der Waals surface area (Å²) in [6.45, 7) is 44.2. The molecule has 9 nitrogen and oxygen atoms in total. The molecule has 394 valence electrons. The van der Waals surface area contributed by atoms with Gasteiger partial charge >= 0.3 is 5.97 Å². The molecule has 3 aliphatic heterocycles. The summed E-state index contributed by atoms with van der Waals surface area (Å²) in [5.41, 5.74) is 1.43. The predicted molar refractivity (Wildman–Crippen MR) is 299 cm³/mol. The van der Waals surface area contributed by atoms with Crippen molar-refractivity contribution in [3.8, 4) is 0 Å². The van der Waals surface area contributed by atoms with Gasteiger partial charge in [-0.1, -0.05) is 128 Å². The number of methoxy groups -OCH3 is 1. The van der Waals surface area contributed by atoms with Gasteiger partial charge in [-0.3, -0.25) is 0 Å². The van der Waals surface area contributed by atoms with Crippen LogP contribution < -0.4 is 0 Å². The molecular weight excluding hydrogens is 1030 g/mol. The minimum Gasteiger partial charge on any atom is -0.455 e. The number of benzene rings is 1. The standard InChI is InChI=1S/C56H97IO9Si3/c1-38(2)39(3)33-43-30-32-48-56(37-57,63-43)35-44(60-48)28-27-42(62-52(58)40-23-21-20-22-24-40)29-31-47(64-67(14,15)53(4,5)6)46-34-41-25-26-45(36-59-13)61-49(41)51(66-69(18,19)55(10,11)12)50(46)65-68(16,17)54(7,8)9/h20-24,29,31,39,41-51H,1,25-28,30,32-37H2,2-19H3/b31-29+/t39-,41-,42?,43-,44+,45-,46+,47+,48+,49+,50-,51+,56-/m1/s1. The number of fused-ring (bicyclic) bond motifs is 2. The summed E-state index contributed by atoms with van der Waals surface area (Å²) in [7, 11) is -5.42. The van der Waals surface area contributed by atoms with Crippen LogP contribution in [0.3, 0.4) is 0 Å². The van der Waals surface area contributed by atoms with Crippen LogP contribution in [0, 0.1) is 17.8 Å². The molecule has 13 heteroatoms. The third-order valence-corrected chi connectivity index (χ3v) is 32.4. The lowest BCUT2D eigenvalue weighted by Gasteiger charge is -2.56. The fraction of sp³-hybridized carbons (Fsp3) is 0.804. The molecule has 13 atom stereocenters. The van der Waals surface area contributed by atoms with Gasteiger partial charge in [0.2, 0.25) is 0 Å². The minimum atomic E-state index is -2.41. The molecule has 0 aromatic heterocycles. The molecule has 0 radical (unpaired) electrons. The van der Waals surface area contributed by atoms with E-state index in [9.17, 15) is 4.79 Å². The molecule has 0 spiro atoms. The molecule has 0 bridgehead atoms. The molecule has 0 N–H and O–H groups in total. The van der Waals surface area contributed by atoms with Gasteiger partial charge in [0.25, 0.3) is 0 Å². The summed E-state index contributed by atoms with van der Waals surface area (Å²) in [6, 6.07) is 9.37. The molecule has 1 unspecified atom stereocenters. The second kappa shape index (κ2) is 23.4. The van der Waals surface area contributed by atoms with Gasteiger partial charge in [0.1, 0.15) is 11.7 Å². The van der Waals surface area contributed by atoms with Crippen LogP contribution in [0.15, 0.2) is 54.6 Å². The molecule has 1 aliphatic carbocycles. The van der Waals surface area contributed by atoms with Crippen molar-refractivity contribution in [3.63, 3.8) is 0 Å². The average Bonchev–Trinajstić information content (AvgIpc) is 3.62. The van der Waals surface area contributed by atoms with E-state index in [-0.39, 0.29) is 87.4 Å². The van der Waals surface area contributed by atoms with Crippen molar-refractivity contribution in [2.24, 2.45) is 17.8 Å². The highest BCUT2D eigenvalue weighted by atomic mass is 127. The summed E-state index contributed by atoms with van der Waals surface area (Å²) >= 11 is 2.50. The number of alkyl halides is 1. The Morgan fingerprint density at radius 2 is 1.42 bits per heavy atom. The van der Waals surface area contributed by atoms with Crippen molar-refractivity contribution in [1.82, 2.24) is 0 Å². The minimum absolute atomic E-state index is 0.00355. The maximum absolute atomic E-state index is 14.0. The fourth-order valence-corrected chi connectivity index (χ4v) is 14.9. The van der Waals surface area contributed by atoms with Crippen LogP contribution in [-0.4, -0.2) is 110 Å². The second-order valence-electron chi connectivity index (χ2n) is 26.2. The lowest BCUT2D eigenvalue weighted by molar-refractivity contribution is -0.202.